The first-order valence-corrected chi connectivity index (χ1v) is 12.3. The number of rotatable bonds is 7. The zero-order valence-corrected chi connectivity index (χ0v) is 20.7. The van der Waals surface area contributed by atoms with Crippen LogP contribution in [-0.2, 0) is 43.8 Å². The molecule has 5 rings (SSSR count). The zero-order chi connectivity index (χ0) is 24.5. The molecule has 3 aromatic rings. The number of benzene rings is 1. The standard InChI is InChI=1S/C26H29ClFN5O2/c1-32-6-5-17-9-23(28)19(8-18(17)13-32)14-33-25(15-35-2)21(12-31-33)26(34)30-11-16-7-20-22(27)3-4-24(20)29-10-16/h7-10,12,22H,3-6,11,13-15H2,1-2H3,(H,30,34). The Labute approximate surface area is 209 Å². The van der Waals surface area contributed by atoms with Crippen molar-refractivity contribution in [2.45, 2.75) is 50.9 Å². The molecule has 35 heavy (non-hydrogen) atoms. The number of halogens is 2. The zero-order valence-electron chi connectivity index (χ0n) is 20.0. The van der Waals surface area contributed by atoms with Gasteiger partial charge in [0.1, 0.15) is 5.82 Å². The maximum atomic E-state index is 14.9. The van der Waals surface area contributed by atoms with Crippen LogP contribution in [0.15, 0.2) is 30.6 Å². The molecule has 1 N–H and O–H groups in total. The Hall–Kier alpha value is -2.81. The second-order valence-electron chi connectivity index (χ2n) is 9.36. The highest BCUT2D eigenvalue weighted by molar-refractivity contribution is 6.21. The second kappa shape index (κ2) is 10.0. The van der Waals surface area contributed by atoms with E-state index in [1.165, 1.54) is 6.20 Å². The lowest BCUT2D eigenvalue weighted by Crippen LogP contribution is -2.27. The molecule has 0 saturated heterocycles. The molecule has 1 unspecified atom stereocenters. The van der Waals surface area contributed by atoms with Gasteiger partial charge in [-0.25, -0.2) is 4.39 Å². The highest BCUT2D eigenvalue weighted by Gasteiger charge is 2.23. The van der Waals surface area contributed by atoms with Gasteiger partial charge >= 0.3 is 0 Å². The third kappa shape index (κ3) is 4.96. The number of nitrogens with zero attached hydrogens (tertiary/aromatic N) is 4. The van der Waals surface area contributed by atoms with Gasteiger partial charge in [-0.3, -0.25) is 14.5 Å². The van der Waals surface area contributed by atoms with Crippen molar-refractivity contribution in [3.8, 4) is 0 Å². The summed E-state index contributed by atoms with van der Waals surface area (Å²) in [6, 6.07) is 5.58. The van der Waals surface area contributed by atoms with Crippen LogP contribution < -0.4 is 5.32 Å². The van der Waals surface area contributed by atoms with E-state index in [4.69, 9.17) is 16.3 Å². The Morgan fingerprint density at radius 1 is 1.26 bits per heavy atom. The van der Waals surface area contributed by atoms with Gasteiger partial charge in [0, 0.05) is 44.2 Å². The van der Waals surface area contributed by atoms with Crippen molar-refractivity contribution >= 4 is 17.5 Å². The number of pyridine rings is 1. The monoisotopic (exact) mass is 497 g/mol. The summed E-state index contributed by atoms with van der Waals surface area (Å²) in [7, 11) is 3.63. The number of amides is 1. The molecule has 7 nitrogen and oxygen atoms in total. The van der Waals surface area contributed by atoms with E-state index in [1.807, 2.05) is 12.1 Å². The third-order valence-corrected chi connectivity index (χ3v) is 7.31. The summed E-state index contributed by atoms with van der Waals surface area (Å²) in [5.74, 6) is -0.515. The van der Waals surface area contributed by atoms with Crippen molar-refractivity contribution in [1.82, 2.24) is 25.0 Å². The molecule has 0 spiro atoms. The topological polar surface area (TPSA) is 72.3 Å². The van der Waals surface area contributed by atoms with Crippen LogP contribution in [0, 0.1) is 5.82 Å². The van der Waals surface area contributed by atoms with Gasteiger partial charge in [-0.1, -0.05) is 0 Å². The van der Waals surface area contributed by atoms with Crippen LogP contribution in [0.5, 0.6) is 0 Å². The number of likely N-dealkylation sites (N-methyl/N-ethyl adjacent to an activating group) is 1. The summed E-state index contributed by atoms with van der Waals surface area (Å²) in [5.41, 5.74) is 6.73. The van der Waals surface area contributed by atoms with E-state index >= 15 is 0 Å². The molecule has 0 radical (unpaired) electrons. The van der Waals surface area contributed by atoms with E-state index in [-0.39, 0.29) is 30.3 Å². The summed E-state index contributed by atoms with van der Waals surface area (Å²) >= 11 is 6.37. The van der Waals surface area contributed by atoms with E-state index in [2.05, 4.69) is 27.3 Å². The van der Waals surface area contributed by atoms with Gasteiger partial charge in [0.05, 0.1) is 36.0 Å². The summed E-state index contributed by atoms with van der Waals surface area (Å²) in [5, 5.41) is 7.32. The quantitative estimate of drug-likeness (QED) is 0.503. The first-order valence-electron chi connectivity index (χ1n) is 11.8. The minimum atomic E-state index is -0.265. The molecular weight excluding hydrogens is 469 g/mol. The van der Waals surface area contributed by atoms with E-state index in [0.29, 0.717) is 23.4 Å². The number of alkyl halides is 1. The number of hydrogen-bond acceptors (Lipinski definition) is 5. The van der Waals surface area contributed by atoms with Crippen molar-refractivity contribution < 1.29 is 13.9 Å². The fourth-order valence-electron chi connectivity index (χ4n) is 4.91. The number of carbonyl (C=O) groups is 1. The Morgan fingerprint density at radius 3 is 2.94 bits per heavy atom. The highest BCUT2D eigenvalue weighted by Crippen LogP contribution is 2.35. The molecule has 1 aliphatic heterocycles. The van der Waals surface area contributed by atoms with E-state index < -0.39 is 0 Å². The first kappa shape index (κ1) is 23.9. The second-order valence-corrected chi connectivity index (χ2v) is 9.89. The number of methoxy groups -OCH3 is 1. The van der Waals surface area contributed by atoms with Gasteiger partial charge in [0.2, 0.25) is 0 Å². The maximum Gasteiger partial charge on any atom is 0.255 e. The third-order valence-electron chi connectivity index (χ3n) is 6.85. The fourth-order valence-corrected chi connectivity index (χ4v) is 5.21. The predicted molar refractivity (Wildman–Crippen MR) is 131 cm³/mol. The van der Waals surface area contributed by atoms with E-state index in [0.717, 1.165) is 60.3 Å². The van der Waals surface area contributed by atoms with Gasteiger partial charge in [0.25, 0.3) is 5.91 Å². The van der Waals surface area contributed by atoms with Gasteiger partial charge in [-0.05, 0) is 66.8 Å². The van der Waals surface area contributed by atoms with Crippen molar-refractivity contribution in [2.24, 2.45) is 0 Å². The molecule has 0 saturated carbocycles. The van der Waals surface area contributed by atoms with Crippen LogP contribution in [0.1, 0.15) is 61.4 Å². The Morgan fingerprint density at radius 2 is 2.11 bits per heavy atom. The minimum absolute atomic E-state index is 0.0240. The molecule has 9 heteroatoms. The summed E-state index contributed by atoms with van der Waals surface area (Å²) in [6.07, 6.45) is 5.92. The smallest absolute Gasteiger partial charge is 0.255 e. The van der Waals surface area contributed by atoms with Crippen molar-refractivity contribution in [3.05, 3.63) is 81.2 Å². The average molecular weight is 498 g/mol. The molecule has 184 valence electrons. The molecule has 1 atom stereocenters. The first-order chi connectivity index (χ1) is 16.9. The van der Waals surface area contributed by atoms with Gasteiger partial charge < -0.3 is 15.0 Å². The lowest BCUT2D eigenvalue weighted by atomic mass is 9.97. The highest BCUT2D eigenvalue weighted by atomic mass is 35.5. The summed E-state index contributed by atoms with van der Waals surface area (Å²) < 4.78 is 21.9. The predicted octanol–water partition coefficient (Wildman–Crippen LogP) is 3.76. The number of carbonyl (C=O) groups excluding carboxylic acids is 1. The number of nitrogens with one attached hydrogen (secondary N) is 1. The lowest BCUT2D eigenvalue weighted by molar-refractivity contribution is 0.0945. The number of aromatic nitrogens is 3. The molecule has 1 aliphatic carbocycles. The maximum absolute atomic E-state index is 14.9. The SMILES string of the molecule is COCc1c(C(=O)NCc2cnc3c(c2)C(Cl)CC3)cnn1Cc1cc2c(cc1F)CCN(C)C2. The van der Waals surface area contributed by atoms with Gasteiger partial charge in [-0.2, -0.15) is 5.10 Å². The van der Waals surface area contributed by atoms with E-state index in [1.54, 1.807) is 24.1 Å². The van der Waals surface area contributed by atoms with Crippen LogP contribution in [0.2, 0.25) is 0 Å². The van der Waals surface area contributed by atoms with Crippen LogP contribution in [0.25, 0.3) is 0 Å². The molecule has 0 bridgehead atoms. The number of ether oxygens (including phenoxy) is 1. The van der Waals surface area contributed by atoms with Crippen LogP contribution in [-0.4, -0.2) is 46.3 Å². The number of aryl methyl sites for hydroxylation is 1. The summed E-state index contributed by atoms with van der Waals surface area (Å²) in [4.78, 5) is 19.7. The lowest BCUT2D eigenvalue weighted by Gasteiger charge is -2.25. The van der Waals surface area contributed by atoms with E-state index in [9.17, 15) is 9.18 Å². The van der Waals surface area contributed by atoms with Crippen LogP contribution in [0.4, 0.5) is 4.39 Å². The molecule has 2 aliphatic rings. The average Bonchev–Trinajstić information content (AvgIpc) is 3.41. The number of hydrogen-bond donors (Lipinski definition) is 1. The molecular formula is C26H29ClFN5O2. The molecule has 0 fully saturated rings. The normalized spacial score (nSPS) is 17.3. The van der Waals surface area contributed by atoms with Crippen molar-refractivity contribution in [1.29, 1.82) is 0 Å². The number of fused-ring (bicyclic) bond motifs is 2. The van der Waals surface area contributed by atoms with Crippen LogP contribution in [0.3, 0.4) is 0 Å². The minimum Gasteiger partial charge on any atom is -0.378 e. The van der Waals surface area contributed by atoms with Crippen LogP contribution >= 0.6 is 11.6 Å². The van der Waals surface area contributed by atoms with Gasteiger partial charge in [0.15, 0.2) is 0 Å². The van der Waals surface area contributed by atoms with Crippen molar-refractivity contribution in [3.63, 3.8) is 0 Å². The largest absolute Gasteiger partial charge is 0.378 e. The Bertz CT molecular complexity index is 1260. The van der Waals surface area contributed by atoms with Gasteiger partial charge in [-0.15, -0.1) is 11.6 Å². The Kier molecular flexibility index (Phi) is 6.86. The Balaban J connectivity index is 1.33. The molecule has 3 heterocycles. The molecule has 1 amide bonds. The fraction of sp³-hybridized carbons (Fsp3) is 0.423. The van der Waals surface area contributed by atoms with Crippen molar-refractivity contribution in [2.75, 3.05) is 20.7 Å². The molecule has 1 aromatic carbocycles. The molecule has 2 aromatic heterocycles. The summed E-state index contributed by atoms with van der Waals surface area (Å²) in [6.45, 7) is 2.46.